The molecule has 9 heteroatoms. The van der Waals surface area contributed by atoms with Gasteiger partial charge in [-0.25, -0.2) is 0 Å². The zero-order chi connectivity index (χ0) is 24.2. The Morgan fingerprint density at radius 1 is 0.971 bits per heavy atom. The molecule has 180 valence electrons. The molecule has 1 atom stereocenters. The Balaban J connectivity index is 1.83. The predicted octanol–water partition coefficient (Wildman–Crippen LogP) is 2.42. The van der Waals surface area contributed by atoms with Crippen molar-refractivity contribution >= 4 is 5.91 Å². The molecule has 1 saturated heterocycles. The van der Waals surface area contributed by atoms with E-state index in [2.05, 4.69) is 0 Å². The first kappa shape index (κ1) is 23.6. The van der Waals surface area contributed by atoms with Crippen LogP contribution >= 0.6 is 0 Å². The number of carbonyl (C=O) groups is 1. The highest BCUT2D eigenvalue weighted by Crippen LogP contribution is 2.38. The Bertz CT molecular complexity index is 1020. The topological polar surface area (TPSA) is 94.9 Å². The van der Waals surface area contributed by atoms with Crippen LogP contribution < -0.4 is 9.47 Å². The summed E-state index contributed by atoms with van der Waals surface area (Å²) >= 11 is 0. The maximum Gasteiger partial charge on any atom is 0.276 e. The van der Waals surface area contributed by atoms with E-state index in [9.17, 15) is 15.0 Å². The molecule has 0 spiro atoms. The van der Waals surface area contributed by atoms with Gasteiger partial charge < -0.3 is 29.3 Å². The van der Waals surface area contributed by atoms with Gasteiger partial charge in [-0.1, -0.05) is 24.3 Å². The minimum atomic E-state index is -1.25. The summed E-state index contributed by atoms with van der Waals surface area (Å²) in [5.41, 5.74) is 1.92. The molecule has 34 heavy (non-hydrogen) atoms. The fourth-order valence-corrected chi connectivity index (χ4v) is 4.15. The van der Waals surface area contributed by atoms with E-state index in [-0.39, 0.29) is 30.1 Å². The van der Waals surface area contributed by atoms with Gasteiger partial charge in [-0.15, -0.1) is 0 Å². The van der Waals surface area contributed by atoms with Crippen LogP contribution in [0.5, 0.6) is 11.5 Å². The first-order valence-corrected chi connectivity index (χ1v) is 10.9. The average Bonchev–Trinajstić information content (AvgIpc) is 2.87. The first-order valence-electron chi connectivity index (χ1n) is 10.9. The molecule has 2 aromatic carbocycles. The largest absolute Gasteiger partial charge is 0.507 e. The van der Waals surface area contributed by atoms with Crippen molar-refractivity contribution in [3.8, 4) is 11.5 Å². The van der Waals surface area contributed by atoms with Gasteiger partial charge in [0.25, 0.3) is 5.91 Å². The lowest BCUT2D eigenvalue weighted by atomic mass is 9.97. The number of nitrogens with zero attached hydrogens (tertiary/aromatic N) is 3. The third-order valence-electron chi connectivity index (χ3n) is 5.97. The van der Waals surface area contributed by atoms with Crippen molar-refractivity contribution < 1.29 is 29.2 Å². The minimum absolute atomic E-state index is 0.0179. The van der Waals surface area contributed by atoms with Crippen LogP contribution in [-0.2, 0) is 9.53 Å². The summed E-state index contributed by atoms with van der Waals surface area (Å²) in [5, 5.41) is 24.5. The number of fused-ring (bicyclic) bond motifs is 1. The normalized spacial score (nSPS) is 18.5. The van der Waals surface area contributed by atoms with Crippen LogP contribution in [0, 0.1) is 0 Å². The zero-order valence-electron chi connectivity index (χ0n) is 19.4. The van der Waals surface area contributed by atoms with Gasteiger partial charge in [-0.3, -0.25) is 9.80 Å². The first-order chi connectivity index (χ1) is 16.5. The molecule has 0 aliphatic carbocycles. The van der Waals surface area contributed by atoms with E-state index in [1.54, 1.807) is 37.4 Å². The highest BCUT2D eigenvalue weighted by atomic mass is 16.5. The molecule has 1 unspecified atom stereocenters. The highest BCUT2D eigenvalue weighted by molar-refractivity contribution is 5.94. The quantitative estimate of drug-likeness (QED) is 0.611. The second-order valence-electron chi connectivity index (χ2n) is 7.96. The van der Waals surface area contributed by atoms with Crippen LogP contribution in [-0.4, -0.2) is 78.3 Å². The summed E-state index contributed by atoms with van der Waals surface area (Å²) in [5.74, 6) is 0.694. The second-order valence-corrected chi connectivity index (χ2v) is 7.96. The van der Waals surface area contributed by atoms with E-state index in [1.165, 1.54) is 6.08 Å². The molecule has 0 bridgehead atoms. The molecule has 9 nitrogen and oxygen atoms in total. The van der Waals surface area contributed by atoms with E-state index in [1.807, 2.05) is 53.5 Å². The predicted molar refractivity (Wildman–Crippen MR) is 125 cm³/mol. The van der Waals surface area contributed by atoms with Crippen LogP contribution in [0.2, 0.25) is 0 Å². The summed E-state index contributed by atoms with van der Waals surface area (Å²) in [6, 6.07) is 15.1. The number of hydrogen-bond acceptors (Lipinski definition) is 8. The molecule has 0 aromatic heterocycles. The van der Waals surface area contributed by atoms with Crippen molar-refractivity contribution in [3.05, 3.63) is 83.4 Å². The van der Waals surface area contributed by atoms with Crippen molar-refractivity contribution in [2.45, 2.75) is 12.1 Å². The molecule has 2 aromatic rings. The monoisotopic (exact) mass is 467 g/mol. The van der Waals surface area contributed by atoms with Crippen LogP contribution in [0.15, 0.2) is 72.3 Å². The number of ether oxygens (including phenoxy) is 3. The van der Waals surface area contributed by atoms with Crippen molar-refractivity contribution in [3.63, 3.8) is 0 Å². The van der Waals surface area contributed by atoms with E-state index in [0.717, 1.165) is 22.6 Å². The molecule has 0 radical (unpaired) electrons. The maximum atomic E-state index is 13.2. The van der Waals surface area contributed by atoms with Crippen molar-refractivity contribution in [2.24, 2.45) is 0 Å². The fourth-order valence-electron chi connectivity index (χ4n) is 4.15. The molecule has 1 fully saturated rings. The van der Waals surface area contributed by atoms with Gasteiger partial charge in [0.1, 0.15) is 17.6 Å². The Kier molecular flexibility index (Phi) is 7.06. The van der Waals surface area contributed by atoms with Gasteiger partial charge in [0.05, 0.1) is 33.5 Å². The smallest absolute Gasteiger partial charge is 0.276 e. The standard InChI is InChI=1S/C25H29N3O6/c1-32-15-14-26-16-28(27-13-12-21(29)24(30)23(27)25(26)31)22(17-4-8-19(33-2)9-5-17)18-6-10-20(34-3)11-7-18/h4-13,21-22,29-30H,14-16H2,1-3H3. The number of benzene rings is 2. The van der Waals surface area contributed by atoms with E-state index in [4.69, 9.17) is 14.2 Å². The number of aliphatic hydroxyl groups is 2. The third-order valence-corrected chi connectivity index (χ3v) is 5.97. The van der Waals surface area contributed by atoms with Crippen molar-refractivity contribution in [1.29, 1.82) is 0 Å². The number of aliphatic hydroxyl groups excluding tert-OH is 2. The minimum Gasteiger partial charge on any atom is -0.507 e. The molecular weight excluding hydrogens is 438 g/mol. The van der Waals surface area contributed by atoms with Crippen LogP contribution in [0.1, 0.15) is 17.2 Å². The van der Waals surface area contributed by atoms with Gasteiger partial charge in [0, 0.05) is 19.9 Å². The van der Waals surface area contributed by atoms with E-state index >= 15 is 0 Å². The van der Waals surface area contributed by atoms with Gasteiger partial charge in [-0.2, -0.15) is 5.01 Å². The lowest BCUT2D eigenvalue weighted by Crippen LogP contribution is -2.59. The molecular formula is C25H29N3O6. The summed E-state index contributed by atoms with van der Waals surface area (Å²) in [6.07, 6.45) is 1.81. The van der Waals surface area contributed by atoms with Crippen molar-refractivity contribution in [2.75, 3.05) is 41.1 Å². The Morgan fingerprint density at radius 3 is 2.03 bits per heavy atom. The Morgan fingerprint density at radius 2 is 1.53 bits per heavy atom. The summed E-state index contributed by atoms with van der Waals surface area (Å²) < 4.78 is 15.9. The second kappa shape index (κ2) is 10.2. The molecule has 4 rings (SSSR count). The summed E-state index contributed by atoms with van der Waals surface area (Å²) in [7, 11) is 4.80. The van der Waals surface area contributed by atoms with Crippen LogP contribution in [0.3, 0.4) is 0 Å². The SMILES string of the molecule is COCCN1CN(C(c2ccc(OC)cc2)c2ccc(OC)cc2)N2C=CC(O)C(O)=C2C1=O. The zero-order valence-corrected chi connectivity index (χ0v) is 19.4. The lowest BCUT2D eigenvalue weighted by molar-refractivity contribution is -0.150. The Hall–Kier alpha value is -3.53. The summed E-state index contributed by atoms with van der Waals surface area (Å²) in [4.78, 5) is 14.8. The molecule has 2 aliphatic rings. The average molecular weight is 468 g/mol. The van der Waals surface area contributed by atoms with Crippen LogP contribution in [0.25, 0.3) is 0 Å². The lowest BCUT2D eigenvalue weighted by Gasteiger charge is -2.48. The van der Waals surface area contributed by atoms with Gasteiger partial charge in [0.2, 0.25) is 0 Å². The maximum absolute atomic E-state index is 13.2. The molecule has 0 saturated carbocycles. The fraction of sp³-hybridized carbons (Fsp3) is 0.320. The van der Waals surface area contributed by atoms with Crippen molar-refractivity contribution in [1.82, 2.24) is 14.9 Å². The summed E-state index contributed by atoms with van der Waals surface area (Å²) in [6.45, 7) is 0.901. The van der Waals surface area contributed by atoms with Gasteiger partial charge in [-0.05, 0) is 41.5 Å². The number of methoxy groups -OCH3 is 3. The third kappa shape index (κ3) is 4.45. The number of hydrazine groups is 1. The molecule has 2 aliphatic heterocycles. The number of amides is 1. The van der Waals surface area contributed by atoms with Gasteiger partial charge >= 0.3 is 0 Å². The number of rotatable bonds is 8. The molecule has 1 amide bonds. The van der Waals surface area contributed by atoms with E-state index in [0.29, 0.717) is 13.2 Å². The Labute approximate surface area is 198 Å². The number of carbonyl (C=O) groups excluding carboxylic acids is 1. The van der Waals surface area contributed by atoms with E-state index < -0.39 is 6.10 Å². The van der Waals surface area contributed by atoms with Crippen LogP contribution in [0.4, 0.5) is 0 Å². The highest BCUT2D eigenvalue weighted by Gasteiger charge is 2.42. The number of hydrogen-bond donors (Lipinski definition) is 2. The van der Waals surface area contributed by atoms with Gasteiger partial charge in [0.15, 0.2) is 11.5 Å². The molecule has 2 heterocycles. The molecule has 2 N–H and O–H groups in total.